The average Bonchev–Trinajstić information content (AvgIpc) is 2.68. The van der Waals surface area contributed by atoms with Crippen LogP contribution in [0.25, 0.3) is 0 Å². The summed E-state index contributed by atoms with van der Waals surface area (Å²) in [5.74, 6) is 0. The summed E-state index contributed by atoms with van der Waals surface area (Å²) in [5, 5.41) is 7.62. The van der Waals surface area contributed by atoms with Gasteiger partial charge in [-0.2, -0.15) is 4.89 Å². The molecule has 0 aromatic carbocycles. The first-order valence-electron chi connectivity index (χ1n) is 4.92. The van der Waals surface area contributed by atoms with Crippen LogP contribution in [0.3, 0.4) is 0 Å². The van der Waals surface area contributed by atoms with Crippen molar-refractivity contribution in [3.8, 4) is 0 Å². The van der Waals surface area contributed by atoms with Crippen molar-refractivity contribution in [1.29, 1.82) is 0 Å². The molecular weight excluding hydrogens is 227 g/mol. The summed E-state index contributed by atoms with van der Waals surface area (Å²) < 4.78 is 7.23. The third kappa shape index (κ3) is 2.56. The highest BCUT2D eigenvalue weighted by Crippen LogP contribution is 2.60. The number of nitrogens with zero attached hydrogens (tertiary/aromatic N) is 6. The van der Waals surface area contributed by atoms with E-state index in [1.165, 1.54) is 0 Å². The van der Waals surface area contributed by atoms with Gasteiger partial charge in [0.1, 0.15) is 6.67 Å². The molecule has 0 bridgehead atoms. The van der Waals surface area contributed by atoms with Gasteiger partial charge in [0.2, 0.25) is 0 Å². The van der Waals surface area contributed by atoms with E-state index in [4.69, 9.17) is 0 Å². The lowest BCUT2D eigenvalue weighted by molar-refractivity contribution is 0.277. The predicted molar refractivity (Wildman–Crippen MR) is 64.3 cm³/mol. The fourth-order valence-electron chi connectivity index (χ4n) is 1.57. The summed E-state index contributed by atoms with van der Waals surface area (Å²) in [7, 11) is 6.90. The minimum atomic E-state index is -2.43. The molecule has 0 aliphatic heterocycles. The maximum Gasteiger partial charge on any atom is 0.369 e. The third-order valence-corrected chi connectivity index (χ3v) is 5.54. The Balaban J connectivity index is 2.80. The second-order valence-electron chi connectivity index (χ2n) is 3.97. The van der Waals surface area contributed by atoms with Gasteiger partial charge in [-0.25, -0.2) is 4.68 Å². The first kappa shape index (κ1) is 13.5. The number of hydrogen-bond donors (Lipinski definition) is 1. The van der Waals surface area contributed by atoms with Crippen LogP contribution >= 0.6 is 7.94 Å². The molecule has 0 atom stereocenters. The fraction of sp³-hybridized carbons (Fsp3) is 0.750. The molecule has 92 valence electrons. The van der Waals surface area contributed by atoms with E-state index in [1.54, 1.807) is 17.1 Å². The Kier molecular flexibility index (Phi) is 4.35. The molecule has 1 heterocycles. The highest BCUT2D eigenvalue weighted by atomic mass is 31.2. The number of aromatic nitrogens is 3. The van der Waals surface area contributed by atoms with E-state index in [-0.39, 0.29) is 0 Å². The van der Waals surface area contributed by atoms with Crippen LogP contribution in [0.1, 0.15) is 0 Å². The summed E-state index contributed by atoms with van der Waals surface area (Å²) in [6.45, 7) is 0.501. The molecule has 0 radical (unpaired) electrons. The van der Waals surface area contributed by atoms with Crippen molar-refractivity contribution in [2.75, 3.05) is 35.2 Å². The van der Waals surface area contributed by atoms with Crippen LogP contribution in [-0.2, 0) is 6.67 Å². The topological polar surface area (TPSA) is 60.7 Å². The van der Waals surface area contributed by atoms with Crippen LogP contribution in [0.5, 0.6) is 0 Å². The molecule has 7 nitrogen and oxygen atoms in total. The normalized spacial score (nSPS) is 13.1. The van der Waals surface area contributed by atoms with Gasteiger partial charge in [-0.1, -0.05) is 5.21 Å². The predicted octanol–water partition coefficient (Wildman–Crippen LogP) is -0.0395. The van der Waals surface area contributed by atoms with Crippen molar-refractivity contribution in [3.05, 3.63) is 12.4 Å². The van der Waals surface area contributed by atoms with Crippen LogP contribution in [0.4, 0.5) is 0 Å². The minimum absolute atomic E-state index is 0.501. The van der Waals surface area contributed by atoms with E-state index >= 15 is 0 Å². The molecule has 1 N–H and O–H groups in total. The van der Waals surface area contributed by atoms with Gasteiger partial charge in [0.05, 0.1) is 6.20 Å². The molecule has 0 fully saturated rings. The van der Waals surface area contributed by atoms with Crippen LogP contribution in [0, 0.1) is 0 Å². The molecule has 16 heavy (non-hydrogen) atoms. The third-order valence-electron chi connectivity index (χ3n) is 2.35. The lowest BCUT2D eigenvalue weighted by Crippen LogP contribution is -2.38. The van der Waals surface area contributed by atoms with Gasteiger partial charge >= 0.3 is 7.94 Å². The number of rotatable bonds is 5. The second-order valence-corrected chi connectivity index (χ2v) is 7.33. The van der Waals surface area contributed by atoms with Gasteiger partial charge in [0.25, 0.3) is 0 Å². The molecule has 1 aromatic rings. The summed E-state index contributed by atoms with van der Waals surface area (Å²) in [6.07, 6.45) is 3.39. The van der Waals surface area contributed by atoms with Gasteiger partial charge < -0.3 is 0 Å². The van der Waals surface area contributed by atoms with E-state index in [2.05, 4.69) is 10.3 Å². The SMILES string of the molecule is CN(C)[P+](O)(N(C)C)N(C)Cn1ccnn1. The van der Waals surface area contributed by atoms with E-state index in [9.17, 15) is 4.89 Å². The monoisotopic (exact) mass is 247 g/mol. The van der Waals surface area contributed by atoms with Crippen LogP contribution in [0.15, 0.2) is 12.4 Å². The zero-order chi connectivity index (χ0) is 12.3. The molecule has 0 amide bonds. The lowest BCUT2D eigenvalue weighted by Gasteiger charge is -2.34. The van der Waals surface area contributed by atoms with Gasteiger partial charge in [0, 0.05) is 41.4 Å². The first-order valence-corrected chi connectivity index (χ1v) is 6.52. The van der Waals surface area contributed by atoms with Gasteiger partial charge in [-0.3, -0.25) is 0 Å². The molecule has 1 aromatic heterocycles. The fourth-order valence-corrected chi connectivity index (χ4v) is 3.81. The summed E-state index contributed by atoms with van der Waals surface area (Å²) >= 11 is 0. The molecule has 0 aliphatic rings. The zero-order valence-electron chi connectivity index (χ0n) is 10.4. The summed E-state index contributed by atoms with van der Waals surface area (Å²) in [4.78, 5) is 10.7. The van der Waals surface area contributed by atoms with Crippen molar-refractivity contribution in [1.82, 2.24) is 29.0 Å². The highest BCUT2D eigenvalue weighted by molar-refractivity contribution is 7.63. The Morgan fingerprint density at radius 2 is 1.75 bits per heavy atom. The molecule has 0 aliphatic carbocycles. The minimum Gasteiger partial charge on any atom is -0.235 e. The van der Waals surface area contributed by atoms with Crippen LogP contribution < -0.4 is 0 Å². The summed E-state index contributed by atoms with van der Waals surface area (Å²) in [6, 6.07) is 0. The molecule has 0 saturated heterocycles. The molecular formula is C8H20N6OP+. The van der Waals surface area contributed by atoms with Crippen molar-refractivity contribution < 1.29 is 4.89 Å². The Bertz CT molecular complexity index is 306. The smallest absolute Gasteiger partial charge is 0.235 e. The van der Waals surface area contributed by atoms with Crippen molar-refractivity contribution >= 4 is 7.94 Å². The van der Waals surface area contributed by atoms with Gasteiger partial charge in [-0.05, 0) is 0 Å². The Morgan fingerprint density at radius 3 is 2.12 bits per heavy atom. The van der Waals surface area contributed by atoms with Crippen LogP contribution in [-0.4, -0.2) is 69.1 Å². The maximum atomic E-state index is 10.7. The molecule has 0 spiro atoms. The van der Waals surface area contributed by atoms with E-state index in [0.29, 0.717) is 6.67 Å². The molecule has 1 rings (SSSR count). The van der Waals surface area contributed by atoms with Crippen LogP contribution in [0.2, 0.25) is 0 Å². The van der Waals surface area contributed by atoms with Crippen molar-refractivity contribution in [2.45, 2.75) is 6.67 Å². The second kappa shape index (κ2) is 5.16. The molecule has 8 heteroatoms. The van der Waals surface area contributed by atoms with E-state index in [1.807, 2.05) is 49.2 Å². The Morgan fingerprint density at radius 1 is 1.19 bits per heavy atom. The first-order chi connectivity index (χ1) is 7.39. The zero-order valence-corrected chi connectivity index (χ0v) is 11.3. The van der Waals surface area contributed by atoms with E-state index < -0.39 is 7.94 Å². The lowest BCUT2D eigenvalue weighted by atomic mass is 10.9. The standard InChI is InChI=1S/C8H20N6OP/c1-11(2)16(15,12(3)4)13(5)8-14-7-6-9-10-14/h6-7,15H,8H2,1-5H3/q+1. The average molecular weight is 247 g/mol. The van der Waals surface area contributed by atoms with E-state index in [0.717, 1.165) is 0 Å². The highest BCUT2D eigenvalue weighted by Gasteiger charge is 2.48. The quantitative estimate of drug-likeness (QED) is 0.737. The maximum absolute atomic E-state index is 10.7. The summed E-state index contributed by atoms with van der Waals surface area (Å²) in [5.41, 5.74) is 0. The van der Waals surface area contributed by atoms with Gasteiger partial charge in [-0.15, -0.1) is 19.1 Å². The molecule has 0 unspecified atom stereocenters. The largest absolute Gasteiger partial charge is 0.369 e. The van der Waals surface area contributed by atoms with Gasteiger partial charge in [0.15, 0.2) is 0 Å². The molecule has 0 saturated carbocycles. The van der Waals surface area contributed by atoms with Crippen molar-refractivity contribution in [2.24, 2.45) is 0 Å². The van der Waals surface area contributed by atoms with Crippen molar-refractivity contribution in [3.63, 3.8) is 0 Å². The Labute approximate surface area is 96.8 Å². The number of hydrogen-bond acceptors (Lipinski definition) is 6. The Hall–Kier alpha value is -0.590.